The molecule has 0 atom stereocenters. The highest BCUT2D eigenvalue weighted by Gasteiger charge is 2.03. The second-order valence-corrected chi connectivity index (χ2v) is 3.39. The van der Waals surface area contributed by atoms with Crippen LogP contribution in [0.25, 0.3) is 0 Å². The summed E-state index contributed by atoms with van der Waals surface area (Å²) < 4.78 is 25.8. The molecular weight excluding hydrogens is 226 g/mol. The van der Waals surface area contributed by atoms with Gasteiger partial charge in [0.15, 0.2) is 0 Å². The van der Waals surface area contributed by atoms with Crippen LogP contribution < -0.4 is 0 Å². The molecule has 0 bridgehead atoms. The number of allylic oxidation sites excluding steroid dienone is 1. The Hall–Kier alpha value is -1.70. The molecule has 0 heterocycles. The van der Waals surface area contributed by atoms with Crippen LogP contribution in [-0.2, 0) is 6.42 Å². The zero-order valence-electron chi connectivity index (χ0n) is 9.08. The van der Waals surface area contributed by atoms with E-state index < -0.39 is 11.6 Å². The summed E-state index contributed by atoms with van der Waals surface area (Å²) in [5.74, 6) is 3.61. The first kappa shape index (κ1) is 13.4. The minimum Gasteiger partial charge on any atom is -0.392 e. The molecule has 0 fully saturated rings. The average Bonchev–Trinajstić information content (AvgIpc) is 2.26. The van der Waals surface area contributed by atoms with Gasteiger partial charge in [0.1, 0.15) is 18.2 Å². The standard InChI is InChI=1S/C13H12F2O2/c14-12-6-11(7-13(15)8-12)5-10(9-17)3-1-2-4-16/h3,6-8,16-17H,4-5,9H2/b10-3+. The highest BCUT2D eigenvalue weighted by molar-refractivity contribution is 5.28. The molecule has 1 rings (SSSR count). The zero-order valence-corrected chi connectivity index (χ0v) is 9.08. The van der Waals surface area contributed by atoms with Crippen LogP contribution in [0.2, 0.25) is 0 Å². The number of halogens is 2. The van der Waals surface area contributed by atoms with Crippen molar-refractivity contribution in [2.24, 2.45) is 0 Å². The lowest BCUT2D eigenvalue weighted by atomic mass is 10.1. The van der Waals surface area contributed by atoms with Gasteiger partial charge < -0.3 is 10.2 Å². The van der Waals surface area contributed by atoms with Gasteiger partial charge in [-0.1, -0.05) is 11.8 Å². The Morgan fingerprint density at radius 2 is 1.82 bits per heavy atom. The first-order valence-electron chi connectivity index (χ1n) is 4.98. The second kappa shape index (κ2) is 6.79. The smallest absolute Gasteiger partial charge is 0.126 e. The van der Waals surface area contributed by atoms with Crippen molar-refractivity contribution in [1.29, 1.82) is 0 Å². The lowest BCUT2D eigenvalue weighted by molar-refractivity contribution is 0.328. The van der Waals surface area contributed by atoms with Gasteiger partial charge >= 0.3 is 0 Å². The molecular formula is C13H12F2O2. The number of hydrogen-bond donors (Lipinski definition) is 2. The van der Waals surface area contributed by atoms with E-state index in [1.807, 2.05) is 0 Å². The first-order chi connectivity index (χ1) is 8.15. The SMILES string of the molecule is OCC#C/C=C(/CO)Cc1cc(F)cc(F)c1. The number of rotatable bonds is 3. The van der Waals surface area contributed by atoms with Crippen LogP contribution in [0, 0.1) is 23.5 Å². The Morgan fingerprint density at radius 3 is 2.35 bits per heavy atom. The predicted octanol–water partition coefficient (Wildman–Crippen LogP) is 1.42. The normalized spacial score (nSPS) is 10.9. The van der Waals surface area contributed by atoms with E-state index in [2.05, 4.69) is 11.8 Å². The molecule has 0 radical (unpaired) electrons. The van der Waals surface area contributed by atoms with Gasteiger partial charge in [0.2, 0.25) is 0 Å². The molecule has 2 N–H and O–H groups in total. The lowest BCUT2D eigenvalue weighted by Crippen LogP contribution is -1.97. The van der Waals surface area contributed by atoms with Crippen molar-refractivity contribution in [2.75, 3.05) is 13.2 Å². The van der Waals surface area contributed by atoms with E-state index in [0.717, 1.165) is 6.07 Å². The van der Waals surface area contributed by atoms with Crippen molar-refractivity contribution in [3.8, 4) is 11.8 Å². The van der Waals surface area contributed by atoms with Crippen LogP contribution in [0.15, 0.2) is 29.8 Å². The molecule has 0 unspecified atom stereocenters. The van der Waals surface area contributed by atoms with Gasteiger partial charge in [0, 0.05) is 6.07 Å². The molecule has 1 aromatic rings. The van der Waals surface area contributed by atoms with Gasteiger partial charge in [-0.25, -0.2) is 8.78 Å². The van der Waals surface area contributed by atoms with Gasteiger partial charge in [-0.2, -0.15) is 0 Å². The number of benzene rings is 1. The van der Waals surface area contributed by atoms with Crippen molar-refractivity contribution in [3.05, 3.63) is 47.0 Å². The van der Waals surface area contributed by atoms with E-state index in [-0.39, 0.29) is 19.6 Å². The predicted molar refractivity (Wildman–Crippen MR) is 60.1 cm³/mol. The second-order valence-electron chi connectivity index (χ2n) is 3.39. The largest absolute Gasteiger partial charge is 0.392 e. The third kappa shape index (κ3) is 4.77. The van der Waals surface area contributed by atoms with Crippen molar-refractivity contribution < 1.29 is 19.0 Å². The lowest BCUT2D eigenvalue weighted by Gasteiger charge is -2.03. The fourth-order valence-electron chi connectivity index (χ4n) is 1.33. The highest BCUT2D eigenvalue weighted by Crippen LogP contribution is 2.12. The van der Waals surface area contributed by atoms with E-state index in [1.165, 1.54) is 18.2 Å². The van der Waals surface area contributed by atoms with Crippen LogP contribution in [0.5, 0.6) is 0 Å². The van der Waals surface area contributed by atoms with Crippen molar-refractivity contribution in [3.63, 3.8) is 0 Å². The van der Waals surface area contributed by atoms with Crippen LogP contribution >= 0.6 is 0 Å². The molecule has 0 aliphatic carbocycles. The zero-order chi connectivity index (χ0) is 12.7. The van der Waals surface area contributed by atoms with Gasteiger partial charge in [0.05, 0.1) is 6.61 Å². The van der Waals surface area contributed by atoms with Gasteiger partial charge in [-0.15, -0.1) is 0 Å². The average molecular weight is 238 g/mol. The summed E-state index contributed by atoms with van der Waals surface area (Å²) in [6, 6.07) is 3.19. The topological polar surface area (TPSA) is 40.5 Å². The van der Waals surface area contributed by atoms with E-state index in [9.17, 15) is 8.78 Å². The number of aliphatic hydroxyl groups excluding tert-OH is 2. The summed E-state index contributed by atoms with van der Waals surface area (Å²) in [7, 11) is 0. The quantitative estimate of drug-likeness (QED) is 0.782. The summed E-state index contributed by atoms with van der Waals surface area (Å²) in [5, 5.41) is 17.5. The minimum absolute atomic E-state index is 0.214. The van der Waals surface area contributed by atoms with Crippen LogP contribution in [0.1, 0.15) is 5.56 Å². The fourth-order valence-corrected chi connectivity index (χ4v) is 1.33. The third-order valence-corrected chi connectivity index (χ3v) is 2.01. The van der Waals surface area contributed by atoms with Gasteiger partial charge in [0.25, 0.3) is 0 Å². The fraction of sp³-hybridized carbons (Fsp3) is 0.231. The van der Waals surface area contributed by atoms with Gasteiger partial charge in [-0.3, -0.25) is 0 Å². The third-order valence-electron chi connectivity index (χ3n) is 2.01. The Kier molecular flexibility index (Phi) is 5.34. The van der Waals surface area contributed by atoms with E-state index in [0.29, 0.717) is 11.1 Å². The van der Waals surface area contributed by atoms with Crippen molar-refractivity contribution in [1.82, 2.24) is 0 Å². The molecule has 0 saturated heterocycles. The Bertz CT molecular complexity index is 450. The first-order valence-corrected chi connectivity index (χ1v) is 4.98. The maximum absolute atomic E-state index is 12.9. The summed E-state index contributed by atoms with van der Waals surface area (Å²) in [6.07, 6.45) is 1.64. The molecule has 0 aliphatic heterocycles. The monoisotopic (exact) mass is 238 g/mol. The van der Waals surface area contributed by atoms with E-state index >= 15 is 0 Å². The number of hydrogen-bond acceptors (Lipinski definition) is 2. The Morgan fingerprint density at radius 1 is 1.18 bits per heavy atom. The molecule has 0 spiro atoms. The van der Waals surface area contributed by atoms with Crippen LogP contribution in [0.4, 0.5) is 8.78 Å². The van der Waals surface area contributed by atoms with Gasteiger partial charge in [-0.05, 0) is 35.8 Å². The molecule has 0 amide bonds. The molecule has 17 heavy (non-hydrogen) atoms. The summed E-state index contributed by atoms with van der Waals surface area (Å²) in [6.45, 7) is -0.526. The molecule has 4 heteroatoms. The minimum atomic E-state index is -0.654. The molecule has 2 nitrogen and oxygen atoms in total. The summed E-state index contributed by atoms with van der Waals surface area (Å²) in [4.78, 5) is 0. The molecule has 90 valence electrons. The molecule has 0 aliphatic rings. The van der Waals surface area contributed by atoms with Crippen LogP contribution in [0.3, 0.4) is 0 Å². The maximum atomic E-state index is 12.9. The van der Waals surface area contributed by atoms with E-state index in [1.54, 1.807) is 0 Å². The molecule has 0 saturated carbocycles. The Balaban J connectivity index is 2.83. The van der Waals surface area contributed by atoms with Crippen molar-refractivity contribution >= 4 is 0 Å². The van der Waals surface area contributed by atoms with Crippen molar-refractivity contribution in [2.45, 2.75) is 6.42 Å². The van der Waals surface area contributed by atoms with Crippen LogP contribution in [-0.4, -0.2) is 23.4 Å². The maximum Gasteiger partial charge on any atom is 0.126 e. The van der Waals surface area contributed by atoms with E-state index in [4.69, 9.17) is 10.2 Å². The Labute approximate surface area is 98.2 Å². The molecule has 1 aromatic carbocycles. The molecule has 0 aromatic heterocycles. The number of aliphatic hydroxyl groups is 2. The summed E-state index contributed by atoms with van der Waals surface area (Å²) >= 11 is 0. The summed E-state index contributed by atoms with van der Waals surface area (Å²) in [5.41, 5.74) is 0.949. The highest BCUT2D eigenvalue weighted by atomic mass is 19.1.